The average Bonchev–Trinajstić information content (AvgIpc) is 3.52. The number of hydrogen-bond acceptors (Lipinski definition) is 6. The molecule has 3 N–H and O–H groups in total. The van der Waals surface area contributed by atoms with Crippen molar-refractivity contribution in [1.82, 2.24) is 0 Å². The molecule has 8 nitrogen and oxygen atoms in total. The molecule has 1 fully saturated rings. The Morgan fingerprint density at radius 2 is 1.64 bits per heavy atom. The summed E-state index contributed by atoms with van der Waals surface area (Å²) >= 11 is 1.19. The summed E-state index contributed by atoms with van der Waals surface area (Å²) in [4.78, 5) is 39.8. The highest BCUT2D eigenvalue weighted by atomic mass is 32.1. The number of carbonyl (C=O) groups excluding carboxylic acids is 3. The summed E-state index contributed by atoms with van der Waals surface area (Å²) in [6.07, 6.45) is 2.16. The number of ether oxygens (including phenoxy) is 1. The van der Waals surface area contributed by atoms with Gasteiger partial charge in [-0.15, -0.1) is 11.3 Å². The molecule has 4 rings (SSSR count). The van der Waals surface area contributed by atoms with E-state index in [2.05, 4.69) is 20.9 Å². The normalized spacial score (nSPS) is 12.8. The van der Waals surface area contributed by atoms with Gasteiger partial charge in [0.1, 0.15) is 4.88 Å². The van der Waals surface area contributed by atoms with E-state index in [9.17, 15) is 14.4 Å². The Balaban J connectivity index is 1.55. The Morgan fingerprint density at radius 1 is 0.909 bits per heavy atom. The van der Waals surface area contributed by atoms with E-state index in [0.717, 1.165) is 31.6 Å². The minimum atomic E-state index is -0.510. The van der Waals surface area contributed by atoms with Gasteiger partial charge in [0, 0.05) is 24.3 Å². The second kappa shape index (κ2) is 10.2. The summed E-state index contributed by atoms with van der Waals surface area (Å²) in [5.41, 5.74) is 2.92. The molecular formula is C24H24N4O4S. The molecule has 170 valence electrons. The molecule has 1 aliphatic rings. The van der Waals surface area contributed by atoms with Crippen LogP contribution in [0, 0.1) is 0 Å². The molecule has 0 bridgehead atoms. The van der Waals surface area contributed by atoms with Gasteiger partial charge in [0.05, 0.1) is 24.2 Å². The van der Waals surface area contributed by atoms with Crippen LogP contribution in [0.3, 0.4) is 0 Å². The van der Waals surface area contributed by atoms with Crippen molar-refractivity contribution < 1.29 is 19.1 Å². The second-order valence-corrected chi connectivity index (χ2v) is 8.40. The van der Waals surface area contributed by atoms with Gasteiger partial charge in [0.2, 0.25) is 0 Å². The van der Waals surface area contributed by atoms with Crippen molar-refractivity contribution in [3.63, 3.8) is 0 Å². The van der Waals surface area contributed by atoms with Crippen LogP contribution in [-0.2, 0) is 4.74 Å². The summed E-state index contributed by atoms with van der Waals surface area (Å²) in [6, 6.07) is 15.5. The van der Waals surface area contributed by atoms with E-state index in [1.165, 1.54) is 18.4 Å². The van der Waals surface area contributed by atoms with Crippen molar-refractivity contribution in [3.05, 3.63) is 70.4 Å². The lowest BCUT2D eigenvalue weighted by Crippen LogP contribution is -2.24. The summed E-state index contributed by atoms with van der Waals surface area (Å²) < 4.78 is 4.76. The van der Waals surface area contributed by atoms with Gasteiger partial charge in [-0.2, -0.15) is 0 Å². The molecule has 0 saturated carbocycles. The number of anilines is 4. The fraction of sp³-hybridized carbons (Fsp3) is 0.208. The van der Waals surface area contributed by atoms with Crippen LogP contribution in [-0.4, -0.2) is 38.1 Å². The maximum Gasteiger partial charge on any atom is 0.350 e. The van der Waals surface area contributed by atoms with E-state index in [1.54, 1.807) is 41.8 Å². The maximum atomic E-state index is 12.8. The first-order valence-corrected chi connectivity index (χ1v) is 11.4. The molecule has 1 aromatic heterocycles. The molecule has 3 amide bonds. The molecule has 1 aliphatic heterocycles. The van der Waals surface area contributed by atoms with Gasteiger partial charge >= 0.3 is 12.0 Å². The minimum absolute atomic E-state index is 0.235. The number of urea groups is 1. The van der Waals surface area contributed by atoms with Gasteiger partial charge in [-0.1, -0.05) is 18.2 Å². The Morgan fingerprint density at radius 3 is 2.36 bits per heavy atom. The van der Waals surface area contributed by atoms with Crippen LogP contribution >= 0.6 is 11.3 Å². The van der Waals surface area contributed by atoms with Gasteiger partial charge in [0.15, 0.2) is 0 Å². The van der Waals surface area contributed by atoms with E-state index in [-0.39, 0.29) is 5.91 Å². The van der Waals surface area contributed by atoms with Gasteiger partial charge in [-0.05, 0) is 54.6 Å². The van der Waals surface area contributed by atoms with Crippen LogP contribution in [0.4, 0.5) is 27.5 Å². The molecular weight excluding hydrogens is 440 g/mol. The number of thiophene rings is 1. The number of nitrogens with zero attached hydrogens (tertiary/aromatic N) is 1. The number of esters is 1. The first kappa shape index (κ1) is 22.3. The lowest BCUT2D eigenvalue weighted by atomic mass is 10.2. The van der Waals surface area contributed by atoms with Crippen molar-refractivity contribution in [2.45, 2.75) is 12.8 Å². The van der Waals surface area contributed by atoms with Crippen LogP contribution in [0.5, 0.6) is 0 Å². The van der Waals surface area contributed by atoms with Gasteiger partial charge in [-0.3, -0.25) is 4.79 Å². The SMILES string of the molecule is COC(=O)c1sccc1NC(=O)Nc1cc(NC(=O)c2ccccc2)ccc1N1CCCC1. The molecule has 0 radical (unpaired) electrons. The summed E-state index contributed by atoms with van der Waals surface area (Å²) in [6.45, 7) is 1.78. The van der Waals surface area contributed by atoms with E-state index < -0.39 is 12.0 Å². The zero-order chi connectivity index (χ0) is 23.2. The fourth-order valence-electron chi connectivity index (χ4n) is 3.67. The highest BCUT2D eigenvalue weighted by Gasteiger charge is 2.20. The highest BCUT2D eigenvalue weighted by Crippen LogP contribution is 2.32. The minimum Gasteiger partial charge on any atom is -0.465 e. The largest absolute Gasteiger partial charge is 0.465 e. The summed E-state index contributed by atoms with van der Waals surface area (Å²) in [5, 5.41) is 10.2. The van der Waals surface area contributed by atoms with Gasteiger partial charge < -0.3 is 25.6 Å². The van der Waals surface area contributed by atoms with Crippen molar-refractivity contribution in [3.8, 4) is 0 Å². The Bertz CT molecular complexity index is 1160. The molecule has 0 spiro atoms. The van der Waals surface area contributed by atoms with E-state index in [4.69, 9.17) is 4.74 Å². The lowest BCUT2D eigenvalue weighted by molar-refractivity contribution is 0.0607. The second-order valence-electron chi connectivity index (χ2n) is 7.48. The molecule has 9 heteroatoms. The molecule has 3 aromatic rings. The predicted octanol–water partition coefficient (Wildman–Crippen LogP) is 5.03. The van der Waals surface area contributed by atoms with Crippen LogP contribution in [0.1, 0.15) is 32.9 Å². The van der Waals surface area contributed by atoms with Crippen LogP contribution in [0.25, 0.3) is 0 Å². The van der Waals surface area contributed by atoms with Crippen molar-refractivity contribution in [1.29, 1.82) is 0 Å². The fourth-order valence-corrected chi connectivity index (χ4v) is 4.44. The van der Waals surface area contributed by atoms with Gasteiger partial charge in [0.25, 0.3) is 5.91 Å². The molecule has 2 heterocycles. The standard InChI is InChI=1S/C24H24N4O4S/c1-32-23(30)21-18(11-14-33-21)26-24(31)27-19-15-17(9-10-20(19)28-12-5-6-13-28)25-22(29)16-7-3-2-4-8-16/h2-4,7-11,14-15H,5-6,12-13H2,1H3,(H,25,29)(H2,26,27,31). The Kier molecular flexibility index (Phi) is 6.89. The lowest BCUT2D eigenvalue weighted by Gasteiger charge is -2.22. The third-order valence-corrected chi connectivity index (χ3v) is 6.16. The number of carbonyl (C=O) groups is 3. The number of nitrogens with one attached hydrogen (secondary N) is 3. The predicted molar refractivity (Wildman–Crippen MR) is 131 cm³/mol. The molecule has 33 heavy (non-hydrogen) atoms. The third kappa shape index (κ3) is 5.32. The van der Waals surface area contributed by atoms with Crippen molar-refractivity contribution in [2.24, 2.45) is 0 Å². The topological polar surface area (TPSA) is 99.8 Å². The van der Waals surface area contributed by atoms with Crippen molar-refractivity contribution >= 4 is 52.0 Å². The number of methoxy groups -OCH3 is 1. The number of rotatable bonds is 6. The van der Waals surface area contributed by atoms with E-state index >= 15 is 0 Å². The number of benzene rings is 2. The molecule has 1 saturated heterocycles. The third-order valence-electron chi connectivity index (χ3n) is 5.27. The van der Waals surface area contributed by atoms with Crippen LogP contribution in [0.15, 0.2) is 60.0 Å². The Hall–Kier alpha value is -3.85. The zero-order valence-corrected chi connectivity index (χ0v) is 18.9. The molecule has 0 atom stereocenters. The smallest absolute Gasteiger partial charge is 0.350 e. The maximum absolute atomic E-state index is 12.8. The molecule has 0 aliphatic carbocycles. The highest BCUT2D eigenvalue weighted by molar-refractivity contribution is 7.12. The quantitative estimate of drug-likeness (QED) is 0.444. The first-order chi connectivity index (χ1) is 16.0. The first-order valence-electron chi connectivity index (χ1n) is 10.5. The van der Waals surface area contributed by atoms with E-state index in [1.807, 2.05) is 18.2 Å². The molecule has 0 unspecified atom stereocenters. The summed E-state index contributed by atoms with van der Waals surface area (Å²) in [5.74, 6) is -0.746. The van der Waals surface area contributed by atoms with Crippen LogP contribution < -0.4 is 20.9 Å². The van der Waals surface area contributed by atoms with Crippen molar-refractivity contribution in [2.75, 3.05) is 41.0 Å². The van der Waals surface area contributed by atoms with Crippen LogP contribution in [0.2, 0.25) is 0 Å². The monoisotopic (exact) mass is 464 g/mol. The summed E-state index contributed by atoms with van der Waals surface area (Å²) in [7, 11) is 1.30. The van der Waals surface area contributed by atoms with E-state index in [0.29, 0.717) is 27.5 Å². The zero-order valence-electron chi connectivity index (χ0n) is 18.1. The Labute approximate surface area is 195 Å². The number of hydrogen-bond donors (Lipinski definition) is 3. The number of amides is 3. The van der Waals surface area contributed by atoms with Gasteiger partial charge in [-0.25, -0.2) is 9.59 Å². The average molecular weight is 465 g/mol. The molecule has 2 aromatic carbocycles.